The van der Waals surface area contributed by atoms with Gasteiger partial charge in [-0.05, 0) is 18.1 Å². The normalized spacial score (nSPS) is 14.1. The van der Waals surface area contributed by atoms with Crippen LogP contribution >= 0.6 is 0 Å². The molecule has 0 atom stereocenters. The number of benzene rings is 1. The monoisotopic (exact) mass is 229 g/mol. The van der Waals surface area contributed by atoms with E-state index in [2.05, 4.69) is 21.0 Å². The second kappa shape index (κ2) is 3.76. The van der Waals surface area contributed by atoms with Crippen molar-refractivity contribution in [1.82, 2.24) is 14.8 Å². The molecule has 0 saturated heterocycles. The van der Waals surface area contributed by atoms with Crippen molar-refractivity contribution in [2.24, 2.45) is 7.05 Å². The van der Waals surface area contributed by atoms with Crippen molar-refractivity contribution in [1.29, 1.82) is 0 Å². The highest BCUT2D eigenvalue weighted by Gasteiger charge is 2.22. The summed E-state index contributed by atoms with van der Waals surface area (Å²) in [5, 5.41) is 4.08. The summed E-state index contributed by atoms with van der Waals surface area (Å²) in [5.41, 5.74) is 9.38. The van der Waals surface area contributed by atoms with E-state index in [0.29, 0.717) is 0 Å². The van der Waals surface area contributed by atoms with Crippen LogP contribution in [0.3, 0.4) is 0 Å². The summed E-state index contributed by atoms with van der Waals surface area (Å²) in [6.45, 7) is 1.76. The zero-order chi connectivity index (χ0) is 11.8. The molecule has 5 heteroatoms. The van der Waals surface area contributed by atoms with Crippen LogP contribution in [-0.2, 0) is 20.0 Å². The maximum atomic E-state index is 6.04. The van der Waals surface area contributed by atoms with Gasteiger partial charge in [0, 0.05) is 13.6 Å². The first-order valence-corrected chi connectivity index (χ1v) is 5.71. The molecule has 1 aromatic heterocycles. The Balaban J connectivity index is 1.92. The van der Waals surface area contributed by atoms with Gasteiger partial charge in [-0.1, -0.05) is 12.1 Å². The molecule has 2 aromatic rings. The standard InChI is InChI=1S/C12H15N5/c1-16-11(14-8-15-16)7-17-6-5-9-3-2-4-10(13)12(9)17/h2-4,8H,5-7,13H2,1H3. The average Bonchev–Trinajstić information content (AvgIpc) is 2.89. The lowest BCUT2D eigenvalue weighted by molar-refractivity contribution is 0.677. The van der Waals surface area contributed by atoms with Crippen molar-refractivity contribution in [2.75, 3.05) is 17.2 Å². The zero-order valence-corrected chi connectivity index (χ0v) is 9.80. The Morgan fingerprint density at radius 1 is 1.41 bits per heavy atom. The number of nitrogens with two attached hydrogens (primary N) is 1. The van der Waals surface area contributed by atoms with Gasteiger partial charge in [0.15, 0.2) is 0 Å². The van der Waals surface area contributed by atoms with Crippen LogP contribution in [0.25, 0.3) is 0 Å². The summed E-state index contributed by atoms with van der Waals surface area (Å²) in [4.78, 5) is 6.52. The van der Waals surface area contributed by atoms with E-state index in [0.717, 1.165) is 36.7 Å². The van der Waals surface area contributed by atoms with E-state index in [1.165, 1.54) is 5.56 Å². The van der Waals surface area contributed by atoms with Gasteiger partial charge in [-0.25, -0.2) is 4.98 Å². The van der Waals surface area contributed by atoms with Crippen LogP contribution < -0.4 is 10.6 Å². The van der Waals surface area contributed by atoms with E-state index in [4.69, 9.17) is 5.73 Å². The number of para-hydroxylation sites is 1. The molecule has 0 aliphatic carbocycles. The molecule has 5 nitrogen and oxygen atoms in total. The minimum absolute atomic E-state index is 0.762. The molecule has 0 radical (unpaired) electrons. The highest BCUT2D eigenvalue weighted by Crippen LogP contribution is 2.34. The molecule has 0 amide bonds. The van der Waals surface area contributed by atoms with Crippen molar-refractivity contribution in [3.05, 3.63) is 35.9 Å². The predicted molar refractivity (Wildman–Crippen MR) is 66.6 cm³/mol. The summed E-state index contributed by atoms with van der Waals surface area (Å²) in [7, 11) is 1.91. The van der Waals surface area contributed by atoms with Crippen molar-refractivity contribution in [3.8, 4) is 0 Å². The Morgan fingerprint density at radius 2 is 2.29 bits per heavy atom. The third-order valence-corrected chi connectivity index (χ3v) is 3.26. The quantitative estimate of drug-likeness (QED) is 0.779. The van der Waals surface area contributed by atoms with Gasteiger partial charge in [-0.3, -0.25) is 4.68 Å². The molecule has 0 bridgehead atoms. The number of aryl methyl sites for hydroxylation is 1. The molecule has 3 rings (SSSR count). The number of rotatable bonds is 2. The van der Waals surface area contributed by atoms with Crippen LogP contribution in [0, 0.1) is 0 Å². The second-order valence-electron chi connectivity index (χ2n) is 4.33. The Kier molecular flexibility index (Phi) is 2.24. The van der Waals surface area contributed by atoms with Crippen molar-refractivity contribution >= 4 is 11.4 Å². The van der Waals surface area contributed by atoms with Crippen LogP contribution in [-0.4, -0.2) is 21.3 Å². The van der Waals surface area contributed by atoms with Gasteiger partial charge in [-0.2, -0.15) is 5.10 Å². The van der Waals surface area contributed by atoms with E-state index < -0.39 is 0 Å². The number of anilines is 2. The van der Waals surface area contributed by atoms with Crippen molar-refractivity contribution in [3.63, 3.8) is 0 Å². The molecular formula is C12H15N5. The maximum Gasteiger partial charge on any atom is 0.146 e. The van der Waals surface area contributed by atoms with Gasteiger partial charge in [0.2, 0.25) is 0 Å². The lowest BCUT2D eigenvalue weighted by Crippen LogP contribution is -2.22. The third kappa shape index (κ3) is 1.63. The Labute approximate surface area is 99.9 Å². The van der Waals surface area contributed by atoms with Crippen LogP contribution in [0.15, 0.2) is 24.5 Å². The van der Waals surface area contributed by atoms with Gasteiger partial charge in [0.05, 0.1) is 17.9 Å². The summed E-state index contributed by atoms with van der Waals surface area (Å²) < 4.78 is 1.80. The smallest absolute Gasteiger partial charge is 0.146 e. The maximum absolute atomic E-state index is 6.04. The molecule has 17 heavy (non-hydrogen) atoms. The van der Waals surface area contributed by atoms with Gasteiger partial charge in [0.25, 0.3) is 0 Å². The fourth-order valence-electron chi connectivity index (χ4n) is 2.36. The highest BCUT2D eigenvalue weighted by atomic mass is 15.3. The first-order valence-electron chi connectivity index (χ1n) is 5.71. The molecular weight excluding hydrogens is 214 g/mol. The van der Waals surface area contributed by atoms with Crippen molar-refractivity contribution < 1.29 is 0 Å². The molecule has 1 aromatic carbocycles. The van der Waals surface area contributed by atoms with E-state index in [1.807, 2.05) is 19.2 Å². The number of hydrogen-bond acceptors (Lipinski definition) is 4. The largest absolute Gasteiger partial charge is 0.397 e. The fourth-order valence-corrected chi connectivity index (χ4v) is 2.36. The summed E-state index contributed by atoms with van der Waals surface area (Å²) in [6.07, 6.45) is 2.64. The zero-order valence-electron chi connectivity index (χ0n) is 9.80. The molecule has 0 fully saturated rings. The average molecular weight is 229 g/mol. The van der Waals surface area contributed by atoms with E-state index in [9.17, 15) is 0 Å². The minimum atomic E-state index is 0.762. The van der Waals surface area contributed by atoms with Gasteiger partial charge < -0.3 is 10.6 Å². The Morgan fingerprint density at radius 3 is 3.06 bits per heavy atom. The van der Waals surface area contributed by atoms with Gasteiger partial charge in [-0.15, -0.1) is 0 Å². The van der Waals surface area contributed by atoms with Crippen LogP contribution in [0.1, 0.15) is 11.4 Å². The van der Waals surface area contributed by atoms with Crippen LogP contribution in [0.5, 0.6) is 0 Å². The van der Waals surface area contributed by atoms with Crippen molar-refractivity contribution in [2.45, 2.75) is 13.0 Å². The molecule has 1 aliphatic rings. The minimum Gasteiger partial charge on any atom is -0.397 e. The Hall–Kier alpha value is -2.04. The molecule has 1 aliphatic heterocycles. The first kappa shape index (κ1) is 10.1. The van der Waals surface area contributed by atoms with Crippen LogP contribution in [0.4, 0.5) is 11.4 Å². The fraction of sp³-hybridized carbons (Fsp3) is 0.333. The highest BCUT2D eigenvalue weighted by molar-refractivity contribution is 5.74. The summed E-state index contributed by atoms with van der Waals surface area (Å²) in [5.74, 6) is 0.959. The van der Waals surface area contributed by atoms with E-state index >= 15 is 0 Å². The van der Waals surface area contributed by atoms with E-state index in [-0.39, 0.29) is 0 Å². The lowest BCUT2D eigenvalue weighted by atomic mass is 10.1. The third-order valence-electron chi connectivity index (χ3n) is 3.26. The van der Waals surface area contributed by atoms with Gasteiger partial charge in [0.1, 0.15) is 12.2 Å². The van der Waals surface area contributed by atoms with Gasteiger partial charge >= 0.3 is 0 Å². The SMILES string of the molecule is Cn1ncnc1CN1CCc2cccc(N)c21. The summed E-state index contributed by atoms with van der Waals surface area (Å²) in [6, 6.07) is 6.11. The number of nitrogen functional groups attached to an aromatic ring is 1. The topological polar surface area (TPSA) is 60.0 Å². The number of hydrogen-bond donors (Lipinski definition) is 1. The summed E-state index contributed by atoms with van der Waals surface area (Å²) >= 11 is 0. The lowest BCUT2D eigenvalue weighted by Gasteiger charge is -2.20. The predicted octanol–water partition coefficient (Wildman–Crippen LogP) is 0.960. The van der Waals surface area contributed by atoms with Crippen LogP contribution in [0.2, 0.25) is 0 Å². The Bertz CT molecular complexity index is 546. The first-order chi connectivity index (χ1) is 8.25. The molecule has 88 valence electrons. The molecule has 0 spiro atoms. The second-order valence-corrected chi connectivity index (χ2v) is 4.33. The molecule has 2 N–H and O–H groups in total. The van der Waals surface area contributed by atoms with E-state index in [1.54, 1.807) is 11.0 Å². The molecule has 0 saturated carbocycles. The number of nitrogens with zero attached hydrogens (tertiary/aromatic N) is 4. The molecule has 0 unspecified atom stereocenters. The molecule has 2 heterocycles. The number of aromatic nitrogens is 3. The number of fused-ring (bicyclic) bond motifs is 1.